The molecule has 1 aromatic carbocycles. The smallest absolute Gasteiger partial charge is 0.274 e. The van der Waals surface area contributed by atoms with E-state index in [1.807, 2.05) is 0 Å². The number of fused-ring (bicyclic) bond motifs is 1. The fourth-order valence-corrected chi connectivity index (χ4v) is 1.58. The van der Waals surface area contributed by atoms with E-state index < -0.39 is 17.7 Å². The van der Waals surface area contributed by atoms with Gasteiger partial charge in [0.25, 0.3) is 11.8 Å². The number of imide groups is 1. The molecule has 0 fully saturated rings. The molecule has 3 N–H and O–H groups in total. The summed E-state index contributed by atoms with van der Waals surface area (Å²) < 4.78 is 0. The van der Waals surface area contributed by atoms with E-state index in [0.29, 0.717) is 11.1 Å². The number of hydrogen-bond donors (Lipinski definition) is 3. The Hall–Kier alpha value is -2.21. The third-order valence-corrected chi connectivity index (χ3v) is 2.32. The lowest BCUT2D eigenvalue weighted by molar-refractivity contribution is -0.119. The first kappa shape index (κ1) is 10.3. The van der Waals surface area contributed by atoms with E-state index in [1.165, 1.54) is 23.7 Å². The van der Waals surface area contributed by atoms with Gasteiger partial charge in [-0.15, -0.1) is 0 Å². The zero-order valence-corrected chi connectivity index (χ0v) is 8.11. The Balaban J connectivity index is 2.46. The van der Waals surface area contributed by atoms with E-state index in [1.54, 1.807) is 0 Å². The van der Waals surface area contributed by atoms with Crippen LogP contribution in [0.15, 0.2) is 18.2 Å². The Labute approximate surface area is 90.2 Å². The maximum Gasteiger partial charge on any atom is 0.274 e. The number of hydrogen-bond acceptors (Lipinski definition) is 4. The van der Waals surface area contributed by atoms with Crippen molar-refractivity contribution in [3.63, 3.8) is 0 Å². The molecule has 0 atom stereocenters. The first-order chi connectivity index (χ1) is 7.61. The second-order valence-electron chi connectivity index (χ2n) is 3.37. The highest BCUT2D eigenvalue weighted by Crippen LogP contribution is 2.16. The van der Waals surface area contributed by atoms with Gasteiger partial charge in [0.1, 0.15) is 0 Å². The standard InChI is InChI=1S/C10H8N2O4/c13-8-4-6-3-5(9(14)12-16)1-2-7(6)10(15)11-8/h1-3,16H,4H2,(H,12,14)(H,11,13,15). The minimum absolute atomic E-state index is 0.0492. The van der Waals surface area contributed by atoms with Crippen LogP contribution in [0.5, 0.6) is 0 Å². The molecule has 0 aliphatic carbocycles. The van der Waals surface area contributed by atoms with E-state index in [9.17, 15) is 14.4 Å². The fourth-order valence-electron chi connectivity index (χ4n) is 1.58. The highest BCUT2D eigenvalue weighted by Gasteiger charge is 2.22. The van der Waals surface area contributed by atoms with Crippen LogP contribution in [0.4, 0.5) is 0 Å². The van der Waals surface area contributed by atoms with E-state index >= 15 is 0 Å². The lowest BCUT2D eigenvalue weighted by atomic mass is 9.97. The van der Waals surface area contributed by atoms with E-state index in [4.69, 9.17) is 5.21 Å². The van der Waals surface area contributed by atoms with Gasteiger partial charge >= 0.3 is 0 Å². The van der Waals surface area contributed by atoms with Crippen molar-refractivity contribution < 1.29 is 19.6 Å². The summed E-state index contributed by atoms with van der Waals surface area (Å²) in [4.78, 5) is 33.6. The van der Waals surface area contributed by atoms with Gasteiger partial charge in [-0.2, -0.15) is 0 Å². The van der Waals surface area contributed by atoms with Crippen LogP contribution < -0.4 is 10.8 Å². The molecule has 0 unspecified atom stereocenters. The quantitative estimate of drug-likeness (QED) is 0.341. The minimum atomic E-state index is -0.679. The molecule has 1 heterocycles. The molecule has 1 aromatic rings. The van der Waals surface area contributed by atoms with Crippen LogP contribution in [-0.4, -0.2) is 22.9 Å². The van der Waals surface area contributed by atoms with Crippen LogP contribution in [0.25, 0.3) is 0 Å². The van der Waals surface area contributed by atoms with Gasteiger partial charge in [-0.05, 0) is 23.8 Å². The number of benzene rings is 1. The summed E-state index contributed by atoms with van der Waals surface area (Å²) in [6, 6.07) is 4.26. The van der Waals surface area contributed by atoms with Crippen molar-refractivity contribution >= 4 is 17.7 Å². The summed E-state index contributed by atoms with van der Waals surface area (Å²) in [5.74, 6) is -1.55. The molecule has 0 saturated carbocycles. The predicted molar refractivity (Wildman–Crippen MR) is 51.9 cm³/mol. The van der Waals surface area contributed by atoms with Crippen LogP contribution in [-0.2, 0) is 11.2 Å². The molecule has 6 nitrogen and oxygen atoms in total. The monoisotopic (exact) mass is 220 g/mol. The van der Waals surface area contributed by atoms with E-state index in [0.717, 1.165) is 0 Å². The number of carbonyl (C=O) groups excluding carboxylic acids is 3. The maximum atomic E-state index is 11.4. The normalized spacial score (nSPS) is 14.1. The van der Waals surface area contributed by atoms with E-state index in [-0.39, 0.29) is 12.0 Å². The Kier molecular flexibility index (Phi) is 2.41. The van der Waals surface area contributed by atoms with Crippen LogP contribution in [0, 0.1) is 0 Å². The number of amides is 3. The summed E-state index contributed by atoms with van der Waals surface area (Å²) >= 11 is 0. The summed E-state index contributed by atoms with van der Waals surface area (Å²) in [6.07, 6.45) is 0.0492. The third kappa shape index (κ3) is 1.66. The molecule has 2 rings (SSSR count). The minimum Gasteiger partial charge on any atom is -0.292 e. The molecular weight excluding hydrogens is 212 g/mol. The summed E-state index contributed by atoms with van der Waals surface area (Å²) in [5, 5.41) is 10.6. The zero-order chi connectivity index (χ0) is 11.7. The maximum absolute atomic E-state index is 11.4. The fraction of sp³-hybridized carbons (Fsp3) is 0.100. The van der Waals surface area contributed by atoms with Gasteiger partial charge in [0.2, 0.25) is 5.91 Å². The lowest BCUT2D eigenvalue weighted by Gasteiger charge is -2.15. The number of carbonyl (C=O) groups is 3. The average molecular weight is 220 g/mol. The third-order valence-electron chi connectivity index (χ3n) is 2.32. The zero-order valence-electron chi connectivity index (χ0n) is 8.11. The van der Waals surface area contributed by atoms with Crippen molar-refractivity contribution in [1.29, 1.82) is 0 Å². The molecule has 0 aromatic heterocycles. The predicted octanol–water partition coefficient (Wildman–Crippen LogP) is -0.382. The molecule has 0 spiro atoms. The second kappa shape index (κ2) is 3.74. The molecule has 0 bridgehead atoms. The number of rotatable bonds is 1. The van der Waals surface area contributed by atoms with Gasteiger partial charge in [-0.25, -0.2) is 5.48 Å². The first-order valence-electron chi connectivity index (χ1n) is 4.53. The molecule has 1 aliphatic heterocycles. The van der Waals surface area contributed by atoms with Crippen molar-refractivity contribution in [1.82, 2.24) is 10.8 Å². The summed E-state index contributed by atoms with van der Waals surface area (Å²) in [7, 11) is 0. The van der Waals surface area contributed by atoms with Crippen molar-refractivity contribution in [2.24, 2.45) is 0 Å². The van der Waals surface area contributed by atoms with Crippen molar-refractivity contribution in [3.05, 3.63) is 34.9 Å². The summed E-state index contributed by atoms with van der Waals surface area (Å²) in [6.45, 7) is 0. The molecule has 82 valence electrons. The average Bonchev–Trinajstić information content (AvgIpc) is 2.27. The van der Waals surface area contributed by atoms with Crippen LogP contribution in [0.1, 0.15) is 26.3 Å². The second-order valence-corrected chi connectivity index (χ2v) is 3.37. The molecular formula is C10H8N2O4. The van der Waals surface area contributed by atoms with Crippen molar-refractivity contribution in [3.8, 4) is 0 Å². The van der Waals surface area contributed by atoms with Crippen LogP contribution in [0.2, 0.25) is 0 Å². The van der Waals surface area contributed by atoms with Gasteiger partial charge in [0.15, 0.2) is 0 Å². The van der Waals surface area contributed by atoms with Gasteiger partial charge in [-0.3, -0.25) is 24.9 Å². The Morgan fingerprint density at radius 2 is 2.12 bits per heavy atom. The topological polar surface area (TPSA) is 95.5 Å². The highest BCUT2D eigenvalue weighted by molar-refractivity contribution is 6.10. The largest absolute Gasteiger partial charge is 0.292 e. The summed E-state index contributed by atoms with van der Waals surface area (Å²) in [5.41, 5.74) is 2.53. The Bertz CT molecular complexity index is 496. The van der Waals surface area contributed by atoms with Gasteiger partial charge < -0.3 is 0 Å². The van der Waals surface area contributed by atoms with Crippen LogP contribution in [0.3, 0.4) is 0 Å². The van der Waals surface area contributed by atoms with Crippen LogP contribution >= 0.6 is 0 Å². The van der Waals surface area contributed by atoms with Crippen molar-refractivity contribution in [2.75, 3.05) is 0 Å². The number of nitrogens with one attached hydrogen (secondary N) is 2. The highest BCUT2D eigenvalue weighted by atomic mass is 16.5. The Morgan fingerprint density at radius 1 is 1.38 bits per heavy atom. The van der Waals surface area contributed by atoms with Crippen molar-refractivity contribution in [2.45, 2.75) is 6.42 Å². The van der Waals surface area contributed by atoms with Gasteiger partial charge in [-0.1, -0.05) is 0 Å². The lowest BCUT2D eigenvalue weighted by Crippen LogP contribution is -2.37. The molecule has 1 aliphatic rings. The molecule has 3 amide bonds. The Morgan fingerprint density at radius 3 is 2.81 bits per heavy atom. The van der Waals surface area contributed by atoms with Gasteiger partial charge in [0.05, 0.1) is 6.42 Å². The van der Waals surface area contributed by atoms with E-state index in [2.05, 4.69) is 5.32 Å². The molecule has 0 saturated heterocycles. The first-order valence-corrected chi connectivity index (χ1v) is 4.53. The van der Waals surface area contributed by atoms with Gasteiger partial charge in [0, 0.05) is 11.1 Å². The molecule has 6 heteroatoms. The number of hydroxylamine groups is 1. The molecule has 16 heavy (non-hydrogen) atoms. The SMILES string of the molecule is O=C1Cc2cc(C(=O)NO)ccc2C(=O)N1. The molecule has 0 radical (unpaired) electrons.